The Morgan fingerprint density at radius 1 is 1.47 bits per heavy atom. The Bertz CT molecular complexity index is 378. The van der Waals surface area contributed by atoms with Crippen LogP contribution in [0.5, 0.6) is 0 Å². The Balaban J connectivity index is 2.11. The van der Waals surface area contributed by atoms with E-state index in [-0.39, 0.29) is 5.97 Å². The number of hydrogen-bond acceptors (Lipinski definition) is 2. The molecule has 1 aromatic rings. The standard InChI is InChI=1S/C13H16O2/c1-9-3-4-11(8-15-10(2)14)7-13(9)12-5-6-12/h3-4,7,12H,5-6,8H2,1-2H3. The second-order valence-electron chi connectivity index (χ2n) is 4.25. The third kappa shape index (κ3) is 2.58. The molecule has 0 saturated heterocycles. The maximum absolute atomic E-state index is 10.7. The lowest BCUT2D eigenvalue weighted by molar-refractivity contribution is -0.142. The Morgan fingerprint density at radius 2 is 2.20 bits per heavy atom. The lowest BCUT2D eigenvalue weighted by atomic mass is 10.0. The monoisotopic (exact) mass is 204 g/mol. The normalized spacial score (nSPS) is 15.1. The average molecular weight is 204 g/mol. The summed E-state index contributed by atoms with van der Waals surface area (Å²) in [5.74, 6) is 0.533. The Labute approximate surface area is 90.3 Å². The number of aryl methyl sites for hydroxylation is 1. The van der Waals surface area contributed by atoms with Crippen LogP contribution in [-0.2, 0) is 16.1 Å². The van der Waals surface area contributed by atoms with Crippen molar-refractivity contribution in [3.05, 3.63) is 34.9 Å². The van der Waals surface area contributed by atoms with Gasteiger partial charge in [-0.3, -0.25) is 4.79 Å². The van der Waals surface area contributed by atoms with E-state index in [4.69, 9.17) is 4.74 Å². The van der Waals surface area contributed by atoms with Crippen molar-refractivity contribution in [2.45, 2.75) is 39.2 Å². The third-order valence-electron chi connectivity index (χ3n) is 2.80. The van der Waals surface area contributed by atoms with Crippen molar-refractivity contribution in [1.29, 1.82) is 0 Å². The summed E-state index contributed by atoms with van der Waals surface area (Å²) in [5.41, 5.74) is 3.88. The quantitative estimate of drug-likeness (QED) is 0.707. The summed E-state index contributed by atoms with van der Waals surface area (Å²) in [5, 5.41) is 0. The topological polar surface area (TPSA) is 26.3 Å². The fourth-order valence-corrected chi connectivity index (χ4v) is 1.80. The van der Waals surface area contributed by atoms with E-state index in [0.717, 1.165) is 11.5 Å². The van der Waals surface area contributed by atoms with Crippen LogP contribution in [0.15, 0.2) is 18.2 Å². The highest BCUT2D eigenvalue weighted by molar-refractivity contribution is 5.65. The summed E-state index contributed by atoms with van der Waals surface area (Å²) in [6.07, 6.45) is 2.61. The van der Waals surface area contributed by atoms with Gasteiger partial charge in [-0.2, -0.15) is 0 Å². The molecule has 0 aliphatic heterocycles. The van der Waals surface area contributed by atoms with E-state index in [2.05, 4.69) is 19.1 Å². The predicted octanol–water partition coefficient (Wildman–Crippen LogP) is 2.94. The molecule has 2 rings (SSSR count). The molecule has 0 N–H and O–H groups in total. The van der Waals surface area contributed by atoms with E-state index in [1.54, 1.807) is 0 Å². The van der Waals surface area contributed by atoms with E-state index in [0.29, 0.717) is 6.61 Å². The summed E-state index contributed by atoms with van der Waals surface area (Å²) in [6.45, 7) is 3.98. The first-order valence-electron chi connectivity index (χ1n) is 5.39. The molecule has 0 radical (unpaired) electrons. The molecule has 1 aromatic carbocycles. The van der Waals surface area contributed by atoms with E-state index in [1.807, 2.05) is 6.07 Å². The first kappa shape index (κ1) is 10.2. The predicted molar refractivity (Wildman–Crippen MR) is 58.6 cm³/mol. The van der Waals surface area contributed by atoms with Crippen molar-refractivity contribution in [3.8, 4) is 0 Å². The largest absolute Gasteiger partial charge is 0.461 e. The van der Waals surface area contributed by atoms with Crippen molar-refractivity contribution in [1.82, 2.24) is 0 Å². The van der Waals surface area contributed by atoms with Gasteiger partial charge in [0.15, 0.2) is 0 Å². The summed E-state index contributed by atoms with van der Waals surface area (Å²) in [4.78, 5) is 10.7. The smallest absolute Gasteiger partial charge is 0.302 e. The minimum absolute atomic E-state index is 0.219. The fourth-order valence-electron chi connectivity index (χ4n) is 1.80. The number of rotatable bonds is 3. The number of esters is 1. The average Bonchev–Trinajstić information content (AvgIpc) is 3.00. The molecule has 0 aromatic heterocycles. The number of carbonyl (C=O) groups is 1. The molecule has 1 aliphatic carbocycles. The molecule has 0 bridgehead atoms. The highest BCUT2D eigenvalue weighted by atomic mass is 16.5. The SMILES string of the molecule is CC(=O)OCc1ccc(C)c(C2CC2)c1. The zero-order chi connectivity index (χ0) is 10.8. The fraction of sp³-hybridized carbons (Fsp3) is 0.462. The molecule has 1 aliphatic rings. The van der Waals surface area contributed by atoms with Crippen LogP contribution >= 0.6 is 0 Å². The molecule has 0 spiro atoms. The minimum atomic E-state index is -0.219. The van der Waals surface area contributed by atoms with Crippen molar-refractivity contribution in [3.63, 3.8) is 0 Å². The summed E-state index contributed by atoms with van der Waals surface area (Å²) >= 11 is 0. The molecule has 1 fully saturated rings. The highest BCUT2D eigenvalue weighted by Gasteiger charge is 2.25. The number of carbonyl (C=O) groups excluding carboxylic acids is 1. The highest BCUT2D eigenvalue weighted by Crippen LogP contribution is 2.41. The van der Waals surface area contributed by atoms with Gasteiger partial charge in [0.2, 0.25) is 0 Å². The van der Waals surface area contributed by atoms with Gasteiger partial charge in [0.05, 0.1) is 0 Å². The zero-order valence-corrected chi connectivity index (χ0v) is 9.25. The Morgan fingerprint density at radius 3 is 2.80 bits per heavy atom. The molecule has 0 heterocycles. The van der Waals surface area contributed by atoms with Crippen LogP contribution in [0, 0.1) is 6.92 Å². The van der Waals surface area contributed by atoms with Crippen LogP contribution in [0.1, 0.15) is 42.4 Å². The van der Waals surface area contributed by atoms with Gasteiger partial charge in [0.25, 0.3) is 0 Å². The van der Waals surface area contributed by atoms with Gasteiger partial charge in [0.1, 0.15) is 6.61 Å². The number of benzene rings is 1. The van der Waals surface area contributed by atoms with Crippen molar-refractivity contribution >= 4 is 5.97 Å². The molecule has 0 atom stereocenters. The lowest BCUT2D eigenvalue weighted by Gasteiger charge is -2.07. The number of ether oxygens (including phenoxy) is 1. The van der Waals surface area contributed by atoms with Gasteiger partial charge in [0, 0.05) is 6.92 Å². The molecule has 0 unspecified atom stereocenters. The van der Waals surface area contributed by atoms with Crippen molar-refractivity contribution in [2.24, 2.45) is 0 Å². The summed E-state index contributed by atoms with van der Waals surface area (Å²) < 4.78 is 4.98. The van der Waals surface area contributed by atoms with Gasteiger partial charge in [-0.1, -0.05) is 18.2 Å². The molecule has 1 saturated carbocycles. The second kappa shape index (κ2) is 4.05. The molecule has 2 nitrogen and oxygen atoms in total. The van der Waals surface area contributed by atoms with Crippen molar-refractivity contribution < 1.29 is 9.53 Å². The first-order chi connectivity index (χ1) is 7.16. The summed E-state index contributed by atoms with van der Waals surface area (Å²) in [6, 6.07) is 6.33. The van der Waals surface area contributed by atoms with Crippen LogP contribution < -0.4 is 0 Å². The first-order valence-corrected chi connectivity index (χ1v) is 5.39. The van der Waals surface area contributed by atoms with Crippen LogP contribution in [0.2, 0.25) is 0 Å². The van der Waals surface area contributed by atoms with Gasteiger partial charge in [-0.05, 0) is 42.4 Å². The van der Waals surface area contributed by atoms with Crippen LogP contribution in [0.3, 0.4) is 0 Å². The Hall–Kier alpha value is -1.31. The molecular formula is C13H16O2. The van der Waals surface area contributed by atoms with E-state index in [1.165, 1.54) is 30.9 Å². The molecule has 0 amide bonds. The van der Waals surface area contributed by atoms with Crippen LogP contribution in [-0.4, -0.2) is 5.97 Å². The minimum Gasteiger partial charge on any atom is -0.461 e. The third-order valence-corrected chi connectivity index (χ3v) is 2.80. The van der Waals surface area contributed by atoms with Gasteiger partial charge < -0.3 is 4.74 Å². The zero-order valence-electron chi connectivity index (χ0n) is 9.25. The van der Waals surface area contributed by atoms with Gasteiger partial charge >= 0.3 is 5.97 Å². The maximum atomic E-state index is 10.7. The van der Waals surface area contributed by atoms with E-state index in [9.17, 15) is 4.79 Å². The molecule has 2 heteroatoms. The summed E-state index contributed by atoms with van der Waals surface area (Å²) in [7, 11) is 0. The van der Waals surface area contributed by atoms with Gasteiger partial charge in [-0.25, -0.2) is 0 Å². The molecular weight excluding hydrogens is 188 g/mol. The lowest BCUT2D eigenvalue weighted by Crippen LogP contribution is -1.99. The number of hydrogen-bond donors (Lipinski definition) is 0. The molecule has 15 heavy (non-hydrogen) atoms. The Kier molecular flexibility index (Phi) is 2.76. The maximum Gasteiger partial charge on any atom is 0.302 e. The van der Waals surface area contributed by atoms with E-state index < -0.39 is 0 Å². The van der Waals surface area contributed by atoms with Crippen LogP contribution in [0.25, 0.3) is 0 Å². The molecule has 80 valence electrons. The van der Waals surface area contributed by atoms with Gasteiger partial charge in [-0.15, -0.1) is 0 Å². The van der Waals surface area contributed by atoms with Crippen molar-refractivity contribution in [2.75, 3.05) is 0 Å². The van der Waals surface area contributed by atoms with Crippen LogP contribution in [0.4, 0.5) is 0 Å². The second-order valence-corrected chi connectivity index (χ2v) is 4.25. The van der Waals surface area contributed by atoms with E-state index >= 15 is 0 Å².